The van der Waals surface area contributed by atoms with Gasteiger partial charge >= 0.3 is 5.97 Å². The smallest absolute Gasteiger partial charge is 0.350 e. The minimum absolute atomic E-state index is 0.0704. The molecule has 0 aliphatic carbocycles. The van der Waals surface area contributed by atoms with E-state index in [1.54, 1.807) is 44.3 Å². The summed E-state index contributed by atoms with van der Waals surface area (Å²) in [5, 5.41) is 0.593. The Morgan fingerprint density at radius 3 is 2.50 bits per heavy atom. The second-order valence-corrected chi connectivity index (χ2v) is 6.56. The zero-order chi connectivity index (χ0) is 18.6. The first-order valence-corrected chi connectivity index (χ1v) is 8.44. The number of carbonyl (C=O) groups is 1. The third-order valence-electron chi connectivity index (χ3n) is 3.62. The van der Waals surface area contributed by atoms with Gasteiger partial charge in [-0.15, -0.1) is 0 Å². The molecule has 0 amide bonds. The van der Waals surface area contributed by atoms with E-state index in [2.05, 4.69) is 4.98 Å². The Bertz CT molecular complexity index is 872. The number of ether oxygens (including phenoxy) is 2. The van der Waals surface area contributed by atoms with Gasteiger partial charge in [-0.05, 0) is 38.1 Å². The topological polar surface area (TPSA) is 61.6 Å². The van der Waals surface area contributed by atoms with Crippen LogP contribution in [0.25, 0.3) is 11.3 Å². The zero-order valence-electron chi connectivity index (χ0n) is 14.4. The molecule has 1 heterocycles. The maximum Gasteiger partial charge on any atom is 0.350 e. The van der Waals surface area contributed by atoms with Crippen molar-refractivity contribution in [2.45, 2.75) is 26.1 Å². The van der Waals surface area contributed by atoms with Crippen molar-refractivity contribution in [2.24, 2.45) is 0 Å². The molecular formula is C20H18ClNO4. The average molecular weight is 372 g/mol. The molecule has 6 heteroatoms. The van der Waals surface area contributed by atoms with E-state index in [0.29, 0.717) is 22.4 Å². The molecule has 0 saturated carbocycles. The van der Waals surface area contributed by atoms with Crippen molar-refractivity contribution in [2.75, 3.05) is 0 Å². The molecule has 0 bridgehead atoms. The second-order valence-electron chi connectivity index (χ2n) is 6.13. The number of esters is 1. The molecule has 0 N–H and O–H groups in total. The fourth-order valence-electron chi connectivity index (χ4n) is 2.25. The summed E-state index contributed by atoms with van der Waals surface area (Å²) in [4.78, 5) is 16.5. The summed E-state index contributed by atoms with van der Waals surface area (Å²) in [5.41, 5.74) is -0.258. The number of oxazole rings is 1. The summed E-state index contributed by atoms with van der Waals surface area (Å²) in [5.74, 6) is 0.943. The van der Waals surface area contributed by atoms with Crippen molar-refractivity contribution in [3.05, 3.63) is 71.7 Å². The molecule has 134 valence electrons. The predicted molar refractivity (Wildman–Crippen MR) is 97.9 cm³/mol. The lowest BCUT2D eigenvalue weighted by molar-refractivity contribution is -0.161. The largest absolute Gasteiger partial charge is 0.476 e. The van der Waals surface area contributed by atoms with Gasteiger partial charge in [0, 0.05) is 10.6 Å². The number of hydrogen-bond acceptors (Lipinski definition) is 5. The fraction of sp³-hybridized carbons (Fsp3) is 0.200. The number of rotatable bonds is 6. The Balaban J connectivity index is 1.59. The summed E-state index contributed by atoms with van der Waals surface area (Å²) < 4.78 is 16.6. The second kappa shape index (κ2) is 7.62. The number of hydrogen-bond donors (Lipinski definition) is 0. The van der Waals surface area contributed by atoms with Crippen LogP contribution in [0.1, 0.15) is 19.7 Å². The van der Waals surface area contributed by atoms with Crippen molar-refractivity contribution in [1.29, 1.82) is 0 Å². The lowest BCUT2D eigenvalue weighted by atomic mass is 10.1. The molecule has 0 fully saturated rings. The van der Waals surface area contributed by atoms with E-state index in [9.17, 15) is 4.79 Å². The third-order valence-corrected chi connectivity index (χ3v) is 3.87. The van der Waals surface area contributed by atoms with Gasteiger partial charge in [0.2, 0.25) is 5.89 Å². The normalized spacial score (nSPS) is 11.2. The molecule has 26 heavy (non-hydrogen) atoms. The molecule has 0 atom stereocenters. The Labute approximate surface area is 156 Å². The Morgan fingerprint density at radius 1 is 1.12 bits per heavy atom. The van der Waals surface area contributed by atoms with Crippen LogP contribution >= 0.6 is 11.6 Å². The van der Waals surface area contributed by atoms with Crippen LogP contribution in [0.2, 0.25) is 5.02 Å². The van der Waals surface area contributed by atoms with E-state index >= 15 is 0 Å². The number of nitrogens with zero attached hydrogens (tertiary/aromatic N) is 1. The Hall–Kier alpha value is -2.79. The standard InChI is InChI=1S/C20H18ClNO4/c1-20(2,26-16-10-8-15(21)9-11-16)19(23)24-13-18-22-12-17(25-18)14-6-4-3-5-7-14/h3-12H,13H2,1-2H3. The van der Waals surface area contributed by atoms with Crippen LogP contribution in [-0.2, 0) is 16.1 Å². The summed E-state index contributed by atoms with van der Waals surface area (Å²) >= 11 is 5.84. The van der Waals surface area contributed by atoms with Crippen LogP contribution in [0.4, 0.5) is 0 Å². The molecule has 0 spiro atoms. The molecule has 3 rings (SSSR count). The van der Waals surface area contributed by atoms with Gasteiger partial charge in [0.05, 0.1) is 6.20 Å². The van der Waals surface area contributed by atoms with E-state index in [1.165, 1.54) is 0 Å². The fourth-order valence-corrected chi connectivity index (χ4v) is 2.38. The van der Waals surface area contributed by atoms with Gasteiger partial charge < -0.3 is 13.9 Å². The van der Waals surface area contributed by atoms with Gasteiger partial charge in [-0.25, -0.2) is 9.78 Å². The number of carbonyl (C=O) groups excluding carboxylic acids is 1. The summed E-state index contributed by atoms with van der Waals surface area (Å²) in [7, 11) is 0. The van der Waals surface area contributed by atoms with Crippen molar-refractivity contribution in [3.63, 3.8) is 0 Å². The molecule has 0 saturated heterocycles. The molecule has 0 aliphatic rings. The quantitative estimate of drug-likeness (QED) is 0.577. The van der Waals surface area contributed by atoms with E-state index in [-0.39, 0.29) is 6.61 Å². The van der Waals surface area contributed by atoms with Crippen LogP contribution < -0.4 is 4.74 Å². The van der Waals surface area contributed by atoms with Crippen LogP contribution in [0.3, 0.4) is 0 Å². The van der Waals surface area contributed by atoms with Gasteiger partial charge in [0.25, 0.3) is 0 Å². The molecule has 5 nitrogen and oxygen atoms in total. The Kier molecular flexibility index (Phi) is 5.28. The van der Waals surface area contributed by atoms with Crippen LogP contribution in [0.5, 0.6) is 5.75 Å². The Morgan fingerprint density at radius 2 is 1.81 bits per heavy atom. The first-order chi connectivity index (χ1) is 12.4. The minimum Gasteiger partial charge on any atom is -0.476 e. The lowest BCUT2D eigenvalue weighted by Gasteiger charge is -2.24. The molecule has 2 aromatic carbocycles. The van der Waals surface area contributed by atoms with Crippen molar-refractivity contribution < 1.29 is 18.7 Å². The number of benzene rings is 2. The van der Waals surface area contributed by atoms with Crippen molar-refractivity contribution in [3.8, 4) is 17.1 Å². The molecular weight excluding hydrogens is 354 g/mol. The first-order valence-electron chi connectivity index (χ1n) is 8.06. The highest BCUT2D eigenvalue weighted by molar-refractivity contribution is 6.30. The number of halogens is 1. The average Bonchev–Trinajstić information content (AvgIpc) is 3.11. The zero-order valence-corrected chi connectivity index (χ0v) is 15.2. The highest BCUT2D eigenvalue weighted by Crippen LogP contribution is 2.23. The minimum atomic E-state index is -1.16. The van der Waals surface area contributed by atoms with Gasteiger partial charge in [-0.1, -0.05) is 41.9 Å². The lowest BCUT2D eigenvalue weighted by Crippen LogP contribution is -2.39. The van der Waals surface area contributed by atoms with E-state index in [1.807, 2.05) is 30.3 Å². The van der Waals surface area contributed by atoms with Crippen LogP contribution in [0, 0.1) is 0 Å². The van der Waals surface area contributed by atoms with Crippen LogP contribution in [0.15, 0.2) is 65.2 Å². The predicted octanol–water partition coefficient (Wildman–Crippen LogP) is 4.90. The third kappa shape index (κ3) is 4.43. The molecule has 1 aromatic heterocycles. The van der Waals surface area contributed by atoms with Gasteiger partial charge in [0.1, 0.15) is 5.75 Å². The monoisotopic (exact) mass is 371 g/mol. The molecule has 3 aromatic rings. The number of aromatic nitrogens is 1. The summed E-state index contributed by atoms with van der Waals surface area (Å²) in [6.45, 7) is 3.20. The first kappa shape index (κ1) is 18.0. The van der Waals surface area contributed by atoms with Crippen LogP contribution in [-0.4, -0.2) is 16.6 Å². The van der Waals surface area contributed by atoms with Crippen molar-refractivity contribution >= 4 is 17.6 Å². The van der Waals surface area contributed by atoms with E-state index in [4.69, 9.17) is 25.5 Å². The SMILES string of the molecule is CC(C)(Oc1ccc(Cl)cc1)C(=O)OCc1ncc(-c2ccccc2)o1. The van der Waals surface area contributed by atoms with Crippen molar-refractivity contribution in [1.82, 2.24) is 4.98 Å². The van der Waals surface area contributed by atoms with Gasteiger partial charge in [-0.2, -0.15) is 0 Å². The highest BCUT2D eigenvalue weighted by atomic mass is 35.5. The highest BCUT2D eigenvalue weighted by Gasteiger charge is 2.32. The van der Waals surface area contributed by atoms with E-state index in [0.717, 1.165) is 5.56 Å². The molecule has 0 unspecified atom stereocenters. The summed E-state index contributed by atoms with van der Waals surface area (Å²) in [6, 6.07) is 16.3. The maximum absolute atomic E-state index is 12.3. The summed E-state index contributed by atoms with van der Waals surface area (Å²) in [6.07, 6.45) is 1.61. The van der Waals surface area contributed by atoms with E-state index < -0.39 is 11.6 Å². The maximum atomic E-state index is 12.3. The molecule has 0 radical (unpaired) electrons. The van der Waals surface area contributed by atoms with Gasteiger partial charge in [0.15, 0.2) is 18.0 Å². The molecule has 0 aliphatic heterocycles. The van der Waals surface area contributed by atoms with Gasteiger partial charge in [-0.3, -0.25) is 0 Å².